The van der Waals surface area contributed by atoms with E-state index in [9.17, 15) is 14.7 Å². The first kappa shape index (κ1) is 24.2. The predicted octanol–water partition coefficient (Wildman–Crippen LogP) is 3.67. The Labute approximate surface area is 196 Å². The lowest BCUT2D eigenvalue weighted by Crippen LogP contribution is -2.22. The minimum absolute atomic E-state index is 0.156. The summed E-state index contributed by atoms with van der Waals surface area (Å²) in [5.74, 6) is 1.58. The highest BCUT2D eigenvalue weighted by molar-refractivity contribution is 8.17. The quantitative estimate of drug-likeness (QED) is 0.459. The third kappa shape index (κ3) is 5.88. The van der Waals surface area contributed by atoms with Gasteiger partial charge in [0.1, 0.15) is 17.4 Å². The molecule has 2 aromatic carbocycles. The van der Waals surface area contributed by atoms with Crippen molar-refractivity contribution in [2.75, 3.05) is 19.5 Å². The van der Waals surface area contributed by atoms with E-state index in [-0.39, 0.29) is 24.7 Å². The first-order chi connectivity index (χ1) is 15.9. The van der Waals surface area contributed by atoms with Gasteiger partial charge in [0.05, 0.1) is 13.7 Å². The molecule has 0 saturated heterocycles. The van der Waals surface area contributed by atoms with E-state index < -0.39 is 0 Å². The number of amides is 1. The van der Waals surface area contributed by atoms with Gasteiger partial charge >= 0.3 is 0 Å². The molecule has 0 unspecified atom stereocenters. The van der Waals surface area contributed by atoms with Gasteiger partial charge in [0.25, 0.3) is 0 Å². The number of carbonyl (C=O) groups is 2. The van der Waals surface area contributed by atoms with Gasteiger partial charge in [0.2, 0.25) is 11.5 Å². The molecule has 33 heavy (non-hydrogen) atoms. The zero-order valence-corrected chi connectivity index (χ0v) is 19.6. The smallest absolute Gasteiger partial charge is 0.223 e. The topological polar surface area (TPSA) is 119 Å². The van der Waals surface area contributed by atoms with Gasteiger partial charge in [0.15, 0.2) is 0 Å². The van der Waals surface area contributed by atoms with Crippen LogP contribution in [0.3, 0.4) is 0 Å². The summed E-state index contributed by atoms with van der Waals surface area (Å²) in [5.41, 5.74) is 7.64. The summed E-state index contributed by atoms with van der Waals surface area (Å²) in [6.07, 6.45) is 2.48. The van der Waals surface area contributed by atoms with Crippen molar-refractivity contribution >= 4 is 39.9 Å². The molecule has 0 spiro atoms. The second-order valence-corrected chi connectivity index (χ2v) is 8.43. The van der Waals surface area contributed by atoms with E-state index in [0.717, 1.165) is 28.3 Å². The van der Waals surface area contributed by atoms with Crippen LogP contribution in [-0.4, -0.2) is 45.2 Å². The minimum Gasteiger partial charge on any atom is -0.497 e. The van der Waals surface area contributed by atoms with E-state index in [4.69, 9.17) is 10.5 Å². The van der Waals surface area contributed by atoms with Crippen LogP contribution in [0.1, 0.15) is 35.1 Å². The molecule has 0 bridgehead atoms. The van der Waals surface area contributed by atoms with E-state index in [2.05, 4.69) is 9.97 Å². The standard InChI is InChI=1S/C24H26N4O4S/c1-15(28(14-30)13-20-12-26-16(2)27-23(20)25)22(8-9-29)33-24(31)19-5-4-18-11-21(32-3)7-6-17(18)10-19/h4-7,10-12,14,29H,8-9,13H2,1-3H3,(H2,25,26,27)/b22-15-. The summed E-state index contributed by atoms with van der Waals surface area (Å²) in [4.78, 5) is 35.2. The Morgan fingerprint density at radius 3 is 2.64 bits per heavy atom. The number of benzene rings is 2. The van der Waals surface area contributed by atoms with Crippen LogP contribution >= 0.6 is 11.8 Å². The van der Waals surface area contributed by atoms with E-state index in [1.54, 1.807) is 33.2 Å². The van der Waals surface area contributed by atoms with E-state index in [1.807, 2.05) is 30.3 Å². The highest BCUT2D eigenvalue weighted by Crippen LogP contribution is 2.31. The number of aromatic nitrogens is 2. The number of ether oxygens (including phenoxy) is 1. The van der Waals surface area contributed by atoms with Gasteiger partial charge in [-0.25, -0.2) is 9.97 Å². The fourth-order valence-corrected chi connectivity index (χ4v) is 4.20. The maximum Gasteiger partial charge on any atom is 0.223 e. The summed E-state index contributed by atoms with van der Waals surface area (Å²) >= 11 is 1.00. The molecule has 3 N–H and O–H groups in total. The van der Waals surface area contributed by atoms with E-state index in [1.165, 1.54) is 4.90 Å². The van der Waals surface area contributed by atoms with Crippen LogP contribution in [0.25, 0.3) is 10.8 Å². The molecule has 1 heterocycles. The van der Waals surface area contributed by atoms with Crippen LogP contribution in [0.4, 0.5) is 5.82 Å². The largest absolute Gasteiger partial charge is 0.497 e. The zero-order valence-electron chi connectivity index (χ0n) is 18.7. The summed E-state index contributed by atoms with van der Waals surface area (Å²) in [6.45, 7) is 3.46. The second-order valence-electron chi connectivity index (χ2n) is 7.36. The number of hydrogen-bond acceptors (Lipinski definition) is 8. The number of methoxy groups -OCH3 is 1. The van der Waals surface area contributed by atoms with Crippen molar-refractivity contribution < 1.29 is 19.4 Å². The highest BCUT2D eigenvalue weighted by atomic mass is 32.2. The van der Waals surface area contributed by atoms with Gasteiger partial charge < -0.3 is 20.5 Å². The Balaban J connectivity index is 1.85. The number of carbonyl (C=O) groups excluding carboxylic acids is 2. The molecule has 8 nitrogen and oxygen atoms in total. The average Bonchev–Trinajstić information content (AvgIpc) is 2.82. The van der Waals surface area contributed by atoms with Crippen LogP contribution in [-0.2, 0) is 11.3 Å². The van der Waals surface area contributed by atoms with Crippen molar-refractivity contribution in [1.82, 2.24) is 14.9 Å². The molecule has 3 rings (SSSR count). The number of rotatable bonds is 9. The normalized spacial score (nSPS) is 11.8. The third-order valence-corrected chi connectivity index (χ3v) is 6.33. The third-order valence-electron chi connectivity index (χ3n) is 5.16. The van der Waals surface area contributed by atoms with Crippen molar-refractivity contribution in [2.45, 2.75) is 26.8 Å². The van der Waals surface area contributed by atoms with Crippen LogP contribution in [0.2, 0.25) is 0 Å². The summed E-state index contributed by atoms with van der Waals surface area (Å²) in [5, 5.41) is 11.3. The van der Waals surface area contributed by atoms with Gasteiger partial charge in [0, 0.05) is 41.0 Å². The molecular weight excluding hydrogens is 440 g/mol. The maximum atomic E-state index is 13.0. The van der Waals surface area contributed by atoms with Gasteiger partial charge in [-0.15, -0.1) is 0 Å². The van der Waals surface area contributed by atoms with Crippen molar-refractivity contribution in [3.05, 3.63) is 70.1 Å². The van der Waals surface area contributed by atoms with Crippen molar-refractivity contribution in [3.63, 3.8) is 0 Å². The number of nitrogen functional groups attached to an aromatic ring is 1. The van der Waals surface area contributed by atoms with Crippen LogP contribution < -0.4 is 10.5 Å². The number of nitrogens with two attached hydrogens (primary N) is 1. The van der Waals surface area contributed by atoms with Crippen LogP contribution in [0.15, 0.2) is 53.2 Å². The molecule has 0 fully saturated rings. The number of aliphatic hydroxyl groups is 1. The lowest BCUT2D eigenvalue weighted by Gasteiger charge is -2.22. The molecule has 0 aliphatic rings. The molecule has 0 aliphatic carbocycles. The SMILES string of the molecule is COc1ccc2cc(C(=O)S/C(CCO)=C(/C)N(C=O)Cc3cnc(C)nc3N)ccc2c1. The number of allylic oxidation sites excluding steroid dienone is 1. The van der Waals surface area contributed by atoms with Crippen LogP contribution in [0, 0.1) is 6.92 Å². The van der Waals surface area contributed by atoms with Crippen molar-refractivity contribution in [3.8, 4) is 5.75 Å². The number of anilines is 1. The van der Waals surface area contributed by atoms with Gasteiger partial charge in [-0.1, -0.05) is 12.1 Å². The molecular formula is C24H26N4O4S. The Morgan fingerprint density at radius 2 is 1.97 bits per heavy atom. The predicted molar refractivity (Wildman–Crippen MR) is 130 cm³/mol. The lowest BCUT2D eigenvalue weighted by molar-refractivity contribution is -0.116. The minimum atomic E-state index is -0.181. The zero-order chi connectivity index (χ0) is 24.0. The molecule has 172 valence electrons. The molecule has 1 aromatic heterocycles. The van der Waals surface area contributed by atoms with Gasteiger partial charge in [-0.3, -0.25) is 9.59 Å². The molecule has 0 saturated carbocycles. The number of aliphatic hydroxyl groups excluding tert-OH is 1. The molecule has 0 atom stereocenters. The fourth-order valence-electron chi connectivity index (χ4n) is 3.27. The van der Waals surface area contributed by atoms with Gasteiger partial charge in [-0.05, 0) is 60.6 Å². The Kier molecular flexibility index (Phi) is 8.02. The summed E-state index contributed by atoms with van der Waals surface area (Å²) < 4.78 is 5.24. The van der Waals surface area contributed by atoms with E-state index >= 15 is 0 Å². The second kappa shape index (κ2) is 10.9. The first-order valence-electron chi connectivity index (χ1n) is 10.3. The van der Waals surface area contributed by atoms with Crippen LogP contribution in [0.5, 0.6) is 5.75 Å². The van der Waals surface area contributed by atoms with Crippen molar-refractivity contribution in [1.29, 1.82) is 0 Å². The molecule has 3 aromatic rings. The molecule has 9 heteroatoms. The first-order valence-corrected chi connectivity index (χ1v) is 11.1. The fraction of sp³-hybridized carbons (Fsp3) is 0.250. The highest BCUT2D eigenvalue weighted by Gasteiger charge is 2.18. The number of aryl methyl sites for hydroxylation is 1. The summed E-state index contributed by atoms with van der Waals surface area (Å²) in [7, 11) is 1.61. The Morgan fingerprint density at radius 1 is 1.24 bits per heavy atom. The molecule has 1 amide bonds. The Bertz CT molecular complexity index is 1210. The maximum absolute atomic E-state index is 13.0. The monoisotopic (exact) mass is 466 g/mol. The van der Waals surface area contributed by atoms with Gasteiger partial charge in [-0.2, -0.15) is 0 Å². The lowest BCUT2D eigenvalue weighted by atomic mass is 10.1. The number of thioether (sulfide) groups is 1. The molecule has 0 radical (unpaired) electrons. The molecule has 0 aliphatic heterocycles. The average molecular weight is 467 g/mol. The van der Waals surface area contributed by atoms with Crippen molar-refractivity contribution in [2.24, 2.45) is 0 Å². The Hall–Kier alpha value is -3.43. The number of hydrogen-bond donors (Lipinski definition) is 2. The van der Waals surface area contributed by atoms with E-state index in [0.29, 0.717) is 39.8 Å². The number of nitrogens with zero attached hydrogens (tertiary/aromatic N) is 3. The summed E-state index contributed by atoms with van der Waals surface area (Å²) in [6, 6.07) is 11.1. The number of fused-ring (bicyclic) bond motifs is 1.